The lowest BCUT2D eigenvalue weighted by molar-refractivity contribution is 0.0662. The highest BCUT2D eigenvalue weighted by Crippen LogP contribution is 2.35. The first-order valence-corrected chi connectivity index (χ1v) is 7.64. The molecule has 0 aliphatic heterocycles. The van der Waals surface area contributed by atoms with Gasteiger partial charge in [0.2, 0.25) is 0 Å². The number of nitrogens with two attached hydrogens (primary N) is 1. The topological polar surface area (TPSA) is 75.8 Å². The second-order valence-electron chi connectivity index (χ2n) is 4.49. The second-order valence-corrected chi connectivity index (χ2v) is 5.98. The Hall–Kier alpha value is -1.34. The van der Waals surface area contributed by atoms with Gasteiger partial charge in [-0.25, -0.2) is 0 Å². The van der Waals surface area contributed by atoms with E-state index in [-0.39, 0.29) is 19.1 Å². The Balaban J connectivity index is 2.34. The van der Waals surface area contributed by atoms with Crippen molar-refractivity contribution in [1.29, 1.82) is 0 Å². The zero-order valence-corrected chi connectivity index (χ0v) is 13.2. The molecule has 0 atom stereocenters. The van der Waals surface area contributed by atoms with Gasteiger partial charge in [0.15, 0.2) is 0 Å². The first-order chi connectivity index (χ1) is 10.1. The number of hydrogen-bond acceptors (Lipinski definition) is 5. The van der Waals surface area contributed by atoms with Crippen LogP contribution in [-0.2, 0) is 4.74 Å². The Bertz CT molecular complexity index is 644. The highest BCUT2D eigenvalue weighted by atomic mass is 35.5. The second kappa shape index (κ2) is 7.09. The van der Waals surface area contributed by atoms with Crippen LogP contribution in [0, 0.1) is 0 Å². The summed E-state index contributed by atoms with van der Waals surface area (Å²) in [6, 6.07) is 5.35. The number of thiophene rings is 1. The minimum atomic E-state index is -0.198. The number of aliphatic hydroxyl groups is 1. The van der Waals surface area contributed by atoms with Gasteiger partial charge < -0.3 is 20.5 Å². The van der Waals surface area contributed by atoms with Gasteiger partial charge in [-0.05, 0) is 18.2 Å². The number of hydrogen-bond donors (Lipinski definition) is 2. The normalized spacial score (nSPS) is 11.0. The van der Waals surface area contributed by atoms with Crippen LogP contribution >= 0.6 is 22.9 Å². The maximum Gasteiger partial charge on any atom is 0.266 e. The van der Waals surface area contributed by atoms with E-state index in [1.54, 1.807) is 19.2 Å². The van der Waals surface area contributed by atoms with Crippen LogP contribution in [0.3, 0.4) is 0 Å². The molecule has 114 valence electrons. The van der Waals surface area contributed by atoms with E-state index in [4.69, 9.17) is 27.2 Å². The Morgan fingerprint density at radius 3 is 2.90 bits per heavy atom. The Morgan fingerprint density at radius 1 is 1.48 bits per heavy atom. The molecule has 21 heavy (non-hydrogen) atoms. The van der Waals surface area contributed by atoms with E-state index < -0.39 is 0 Å². The van der Waals surface area contributed by atoms with E-state index in [2.05, 4.69) is 0 Å². The monoisotopic (exact) mass is 328 g/mol. The fourth-order valence-corrected chi connectivity index (χ4v) is 3.40. The van der Waals surface area contributed by atoms with Crippen molar-refractivity contribution in [3.63, 3.8) is 0 Å². The molecule has 7 heteroatoms. The fraction of sp³-hybridized carbons (Fsp3) is 0.357. The number of nitrogens with zero attached hydrogens (tertiary/aromatic N) is 1. The van der Waals surface area contributed by atoms with Gasteiger partial charge in [-0.15, -0.1) is 11.3 Å². The number of anilines is 1. The number of fused-ring (bicyclic) bond motifs is 1. The summed E-state index contributed by atoms with van der Waals surface area (Å²) in [6.07, 6.45) is 0. The summed E-state index contributed by atoms with van der Waals surface area (Å²) >= 11 is 7.27. The predicted octanol–water partition coefficient (Wildman–Crippen LogP) is 2.22. The number of aliphatic hydroxyl groups excluding tert-OH is 1. The molecule has 2 aromatic rings. The number of carbonyl (C=O) groups excluding carboxylic acids is 1. The molecule has 3 N–H and O–H groups in total. The molecule has 5 nitrogen and oxygen atoms in total. The Kier molecular flexibility index (Phi) is 5.41. The summed E-state index contributed by atoms with van der Waals surface area (Å²) in [5, 5.41) is 10.5. The van der Waals surface area contributed by atoms with Crippen LogP contribution in [0.1, 0.15) is 9.67 Å². The van der Waals surface area contributed by atoms with Gasteiger partial charge >= 0.3 is 0 Å². The molecule has 1 aromatic heterocycles. The van der Waals surface area contributed by atoms with E-state index in [9.17, 15) is 4.79 Å². The first-order valence-electron chi connectivity index (χ1n) is 6.45. The molecule has 2 rings (SSSR count). The number of ether oxygens (including phenoxy) is 1. The number of methoxy groups -OCH3 is 1. The van der Waals surface area contributed by atoms with E-state index >= 15 is 0 Å². The fourth-order valence-electron chi connectivity index (χ4n) is 2.03. The summed E-state index contributed by atoms with van der Waals surface area (Å²) in [6.45, 7) is 0.954. The summed E-state index contributed by atoms with van der Waals surface area (Å²) in [5.41, 5.74) is 6.53. The zero-order chi connectivity index (χ0) is 15.4. The third-order valence-electron chi connectivity index (χ3n) is 3.11. The molecule has 0 aliphatic rings. The number of rotatable bonds is 6. The van der Waals surface area contributed by atoms with Crippen molar-refractivity contribution in [2.24, 2.45) is 0 Å². The summed E-state index contributed by atoms with van der Waals surface area (Å²) < 4.78 is 5.86. The first kappa shape index (κ1) is 16.0. The molecule has 0 bridgehead atoms. The Morgan fingerprint density at radius 2 is 2.24 bits per heavy atom. The van der Waals surface area contributed by atoms with Crippen molar-refractivity contribution in [3.05, 3.63) is 28.1 Å². The predicted molar refractivity (Wildman–Crippen MR) is 86.1 cm³/mol. The van der Waals surface area contributed by atoms with Gasteiger partial charge in [0.1, 0.15) is 4.88 Å². The van der Waals surface area contributed by atoms with Crippen LogP contribution in [0.5, 0.6) is 0 Å². The van der Waals surface area contributed by atoms with Crippen molar-refractivity contribution < 1.29 is 14.6 Å². The number of halogens is 1. The van der Waals surface area contributed by atoms with E-state index in [0.717, 1.165) is 10.1 Å². The van der Waals surface area contributed by atoms with E-state index in [1.165, 1.54) is 16.2 Å². The van der Waals surface area contributed by atoms with Gasteiger partial charge in [0.25, 0.3) is 5.91 Å². The lowest BCUT2D eigenvalue weighted by atomic mass is 10.2. The standard InChI is InChI=1S/C14H17ClN2O3S/c1-20-7-5-17(4-6-18)14(19)13-12(16)10-3-2-9(15)8-11(10)21-13/h2-3,8,18H,4-7,16H2,1H3. The third kappa shape index (κ3) is 3.47. The lowest BCUT2D eigenvalue weighted by Crippen LogP contribution is -2.36. The number of amides is 1. The number of benzene rings is 1. The van der Waals surface area contributed by atoms with Crippen molar-refractivity contribution in [1.82, 2.24) is 4.90 Å². The number of nitrogen functional groups attached to an aromatic ring is 1. The largest absolute Gasteiger partial charge is 0.397 e. The maximum absolute atomic E-state index is 12.6. The average molecular weight is 329 g/mol. The quantitative estimate of drug-likeness (QED) is 0.852. The molecule has 0 aliphatic carbocycles. The van der Waals surface area contributed by atoms with Crippen molar-refractivity contribution in [2.45, 2.75) is 0 Å². The highest BCUT2D eigenvalue weighted by Gasteiger charge is 2.21. The molecule has 0 fully saturated rings. The van der Waals surface area contributed by atoms with Crippen LogP contribution in [-0.4, -0.2) is 49.3 Å². The molecule has 0 spiro atoms. The third-order valence-corrected chi connectivity index (χ3v) is 4.50. The Labute approximate surface area is 131 Å². The van der Waals surface area contributed by atoms with Crippen LogP contribution in [0.15, 0.2) is 18.2 Å². The molecular weight excluding hydrogens is 312 g/mol. The molecule has 1 aromatic carbocycles. The summed E-state index contributed by atoms with van der Waals surface area (Å²) in [4.78, 5) is 14.6. The van der Waals surface area contributed by atoms with E-state index in [1.807, 2.05) is 6.07 Å². The minimum absolute atomic E-state index is 0.105. The smallest absolute Gasteiger partial charge is 0.266 e. The van der Waals surface area contributed by atoms with Crippen molar-refractivity contribution in [2.75, 3.05) is 39.1 Å². The molecular formula is C14H17ClN2O3S. The molecule has 0 unspecified atom stereocenters. The maximum atomic E-state index is 12.6. The van der Waals surface area contributed by atoms with Gasteiger partial charge in [0.05, 0.1) is 18.9 Å². The molecule has 0 radical (unpaired) electrons. The molecule has 0 saturated heterocycles. The van der Waals surface area contributed by atoms with Crippen LogP contribution in [0.2, 0.25) is 5.02 Å². The van der Waals surface area contributed by atoms with Gasteiger partial charge in [-0.1, -0.05) is 11.6 Å². The van der Waals surface area contributed by atoms with E-state index in [0.29, 0.717) is 28.7 Å². The van der Waals surface area contributed by atoms with Crippen molar-refractivity contribution >= 4 is 44.6 Å². The lowest BCUT2D eigenvalue weighted by Gasteiger charge is -2.20. The van der Waals surface area contributed by atoms with Gasteiger partial charge in [-0.3, -0.25) is 4.79 Å². The molecule has 0 saturated carbocycles. The molecule has 1 heterocycles. The highest BCUT2D eigenvalue weighted by molar-refractivity contribution is 7.21. The van der Waals surface area contributed by atoms with Crippen LogP contribution < -0.4 is 5.73 Å². The zero-order valence-electron chi connectivity index (χ0n) is 11.6. The van der Waals surface area contributed by atoms with Crippen LogP contribution in [0.25, 0.3) is 10.1 Å². The van der Waals surface area contributed by atoms with Crippen LogP contribution in [0.4, 0.5) is 5.69 Å². The van der Waals surface area contributed by atoms with Gasteiger partial charge in [0, 0.05) is 35.3 Å². The van der Waals surface area contributed by atoms with Gasteiger partial charge in [-0.2, -0.15) is 0 Å². The summed E-state index contributed by atoms with van der Waals surface area (Å²) in [5.74, 6) is -0.198. The SMILES string of the molecule is COCCN(CCO)C(=O)c1sc2cc(Cl)ccc2c1N. The van der Waals surface area contributed by atoms with Crippen molar-refractivity contribution in [3.8, 4) is 0 Å². The number of carbonyl (C=O) groups is 1. The summed E-state index contributed by atoms with van der Waals surface area (Å²) in [7, 11) is 1.57. The molecule has 1 amide bonds. The minimum Gasteiger partial charge on any atom is -0.397 e. The average Bonchev–Trinajstić information content (AvgIpc) is 2.79.